The maximum absolute atomic E-state index is 11.9. The third-order valence-corrected chi connectivity index (χ3v) is 3.91. The van der Waals surface area contributed by atoms with E-state index in [0.717, 1.165) is 0 Å². The lowest BCUT2D eigenvalue weighted by Crippen LogP contribution is -2.27. The van der Waals surface area contributed by atoms with Crippen LogP contribution in [0, 0.1) is 6.92 Å². The Kier molecular flexibility index (Phi) is 4.83. The van der Waals surface area contributed by atoms with Gasteiger partial charge in [-0.3, -0.25) is 0 Å². The second-order valence-electron chi connectivity index (χ2n) is 3.59. The number of benzene rings is 1. The molecule has 0 unspecified atom stereocenters. The second-order valence-corrected chi connectivity index (χ2v) is 5.33. The minimum Gasteiger partial charge on any atom is -0.465 e. The molecule has 0 aliphatic rings. The van der Waals surface area contributed by atoms with E-state index in [0.29, 0.717) is 5.56 Å². The summed E-state index contributed by atoms with van der Waals surface area (Å²) in [6.07, 6.45) is 0. The fraction of sp³-hybridized carbons (Fsp3) is 0.364. The molecule has 0 amide bonds. The largest absolute Gasteiger partial charge is 0.465 e. The molecule has 6 nitrogen and oxygen atoms in total. The van der Waals surface area contributed by atoms with Crippen LogP contribution in [0.1, 0.15) is 15.9 Å². The van der Waals surface area contributed by atoms with Crippen LogP contribution in [0.5, 0.6) is 0 Å². The number of nitrogens with one attached hydrogen (secondary N) is 1. The summed E-state index contributed by atoms with van der Waals surface area (Å²) in [7, 11) is -2.51. The summed E-state index contributed by atoms with van der Waals surface area (Å²) in [6, 6.07) is 4.27. The zero-order valence-electron chi connectivity index (χ0n) is 10.1. The molecule has 7 heteroatoms. The van der Waals surface area contributed by atoms with Crippen molar-refractivity contribution in [3.63, 3.8) is 0 Å². The summed E-state index contributed by atoms with van der Waals surface area (Å²) < 4.78 is 30.6. The Morgan fingerprint density at radius 1 is 1.44 bits per heavy atom. The van der Waals surface area contributed by atoms with E-state index in [-0.39, 0.29) is 23.6 Å². The van der Waals surface area contributed by atoms with Gasteiger partial charge in [0.1, 0.15) is 0 Å². The van der Waals surface area contributed by atoms with Gasteiger partial charge in [-0.25, -0.2) is 17.9 Å². The molecular formula is C11H15NO5S. The zero-order chi connectivity index (χ0) is 13.8. The molecule has 0 saturated carbocycles. The van der Waals surface area contributed by atoms with Crippen molar-refractivity contribution < 1.29 is 23.1 Å². The number of hydrogen-bond donors (Lipinski definition) is 2. The standard InChI is InChI=1S/C11H15NO5S/c1-8-3-4-9(11(14)17-2)7-10(8)18(15,16)12-5-6-13/h3-4,7,12-13H,5-6H2,1-2H3. The van der Waals surface area contributed by atoms with E-state index in [1.54, 1.807) is 6.92 Å². The van der Waals surface area contributed by atoms with Gasteiger partial charge in [-0.05, 0) is 24.6 Å². The Hall–Kier alpha value is -1.44. The molecule has 0 aliphatic heterocycles. The van der Waals surface area contributed by atoms with E-state index in [4.69, 9.17) is 5.11 Å². The predicted octanol–water partition coefficient (Wildman–Crippen LogP) is 0.0522. The monoisotopic (exact) mass is 273 g/mol. The van der Waals surface area contributed by atoms with Crippen LogP contribution < -0.4 is 4.72 Å². The number of ether oxygens (including phenoxy) is 1. The van der Waals surface area contributed by atoms with Gasteiger partial charge in [0.15, 0.2) is 0 Å². The first kappa shape index (κ1) is 14.6. The summed E-state index contributed by atoms with van der Waals surface area (Å²) in [6.45, 7) is 1.24. The van der Waals surface area contributed by atoms with Crippen molar-refractivity contribution in [3.05, 3.63) is 29.3 Å². The number of sulfonamides is 1. The molecule has 0 aromatic heterocycles. The van der Waals surface area contributed by atoms with Crippen molar-refractivity contribution in [1.29, 1.82) is 0 Å². The van der Waals surface area contributed by atoms with Crippen molar-refractivity contribution in [2.24, 2.45) is 0 Å². The van der Waals surface area contributed by atoms with E-state index >= 15 is 0 Å². The molecule has 1 aromatic rings. The molecule has 100 valence electrons. The molecular weight excluding hydrogens is 258 g/mol. The first-order valence-electron chi connectivity index (χ1n) is 5.22. The lowest BCUT2D eigenvalue weighted by Gasteiger charge is -2.09. The Morgan fingerprint density at radius 2 is 2.11 bits per heavy atom. The zero-order valence-corrected chi connectivity index (χ0v) is 11.0. The lowest BCUT2D eigenvalue weighted by atomic mass is 10.1. The van der Waals surface area contributed by atoms with Gasteiger partial charge in [0, 0.05) is 6.54 Å². The Morgan fingerprint density at radius 3 is 2.67 bits per heavy atom. The van der Waals surface area contributed by atoms with Gasteiger partial charge in [0.05, 0.1) is 24.2 Å². The summed E-state index contributed by atoms with van der Waals surface area (Å²) in [5.74, 6) is -0.603. The van der Waals surface area contributed by atoms with Gasteiger partial charge in [0.2, 0.25) is 10.0 Å². The molecule has 0 atom stereocenters. The van der Waals surface area contributed by atoms with Crippen LogP contribution >= 0.6 is 0 Å². The number of aliphatic hydroxyl groups excluding tert-OH is 1. The smallest absolute Gasteiger partial charge is 0.337 e. The van der Waals surface area contributed by atoms with Crippen LogP contribution in [0.15, 0.2) is 23.1 Å². The summed E-state index contributed by atoms with van der Waals surface area (Å²) in [5.41, 5.74) is 0.667. The number of carbonyl (C=O) groups excluding carboxylic acids is 1. The first-order chi connectivity index (χ1) is 8.42. The number of carbonyl (C=O) groups is 1. The Balaban J connectivity index is 3.19. The van der Waals surface area contributed by atoms with E-state index < -0.39 is 16.0 Å². The van der Waals surface area contributed by atoms with E-state index in [1.807, 2.05) is 0 Å². The molecule has 0 aliphatic carbocycles. The van der Waals surface area contributed by atoms with Crippen LogP contribution in [-0.2, 0) is 14.8 Å². The number of methoxy groups -OCH3 is 1. The van der Waals surface area contributed by atoms with E-state index in [9.17, 15) is 13.2 Å². The average Bonchev–Trinajstić information content (AvgIpc) is 2.35. The van der Waals surface area contributed by atoms with Crippen LogP contribution in [0.3, 0.4) is 0 Å². The highest BCUT2D eigenvalue weighted by molar-refractivity contribution is 7.89. The first-order valence-corrected chi connectivity index (χ1v) is 6.70. The van der Waals surface area contributed by atoms with E-state index in [1.165, 1.54) is 25.3 Å². The summed E-state index contributed by atoms with van der Waals surface area (Å²) >= 11 is 0. The van der Waals surface area contributed by atoms with Gasteiger partial charge in [0.25, 0.3) is 0 Å². The van der Waals surface area contributed by atoms with Crippen molar-refractivity contribution in [2.75, 3.05) is 20.3 Å². The second kappa shape index (κ2) is 5.94. The average molecular weight is 273 g/mol. The minimum absolute atomic E-state index is 0.00106. The topological polar surface area (TPSA) is 92.7 Å². The number of aliphatic hydroxyl groups is 1. The maximum Gasteiger partial charge on any atom is 0.337 e. The van der Waals surface area contributed by atoms with Gasteiger partial charge in [-0.2, -0.15) is 0 Å². The van der Waals surface area contributed by atoms with E-state index in [2.05, 4.69) is 9.46 Å². The molecule has 0 fully saturated rings. The SMILES string of the molecule is COC(=O)c1ccc(C)c(S(=O)(=O)NCCO)c1. The minimum atomic E-state index is -3.74. The van der Waals surface area contributed by atoms with Crippen molar-refractivity contribution in [2.45, 2.75) is 11.8 Å². The highest BCUT2D eigenvalue weighted by atomic mass is 32.2. The van der Waals surface area contributed by atoms with Gasteiger partial charge < -0.3 is 9.84 Å². The van der Waals surface area contributed by atoms with Crippen LogP contribution in [0.25, 0.3) is 0 Å². The van der Waals surface area contributed by atoms with Crippen LogP contribution in [-0.4, -0.2) is 39.8 Å². The molecule has 0 bridgehead atoms. The number of esters is 1. The third-order valence-electron chi connectivity index (χ3n) is 2.30. The predicted molar refractivity (Wildman–Crippen MR) is 64.8 cm³/mol. The van der Waals surface area contributed by atoms with Gasteiger partial charge >= 0.3 is 5.97 Å². The lowest BCUT2D eigenvalue weighted by molar-refractivity contribution is 0.0600. The number of rotatable bonds is 5. The van der Waals surface area contributed by atoms with Crippen molar-refractivity contribution in [3.8, 4) is 0 Å². The highest BCUT2D eigenvalue weighted by Gasteiger charge is 2.18. The molecule has 0 spiro atoms. The van der Waals surface area contributed by atoms with Gasteiger partial charge in [-0.1, -0.05) is 6.07 Å². The summed E-state index contributed by atoms with van der Waals surface area (Å²) in [5, 5.41) is 8.63. The fourth-order valence-electron chi connectivity index (χ4n) is 1.39. The molecule has 0 saturated heterocycles. The molecule has 1 aromatic carbocycles. The quantitative estimate of drug-likeness (QED) is 0.740. The van der Waals surface area contributed by atoms with Crippen LogP contribution in [0.4, 0.5) is 0 Å². The summed E-state index contributed by atoms with van der Waals surface area (Å²) in [4.78, 5) is 11.3. The van der Waals surface area contributed by atoms with Gasteiger partial charge in [-0.15, -0.1) is 0 Å². The van der Waals surface area contributed by atoms with Crippen molar-refractivity contribution >= 4 is 16.0 Å². The maximum atomic E-state index is 11.9. The molecule has 1 rings (SSSR count). The molecule has 18 heavy (non-hydrogen) atoms. The third kappa shape index (κ3) is 3.28. The molecule has 2 N–H and O–H groups in total. The Bertz CT molecular complexity index is 538. The molecule has 0 radical (unpaired) electrons. The van der Waals surface area contributed by atoms with Crippen molar-refractivity contribution in [1.82, 2.24) is 4.72 Å². The molecule has 0 heterocycles. The van der Waals surface area contributed by atoms with Crippen LogP contribution in [0.2, 0.25) is 0 Å². The number of aryl methyl sites for hydroxylation is 1. The fourth-order valence-corrected chi connectivity index (χ4v) is 2.68. The Labute approximate surface area is 106 Å². The highest BCUT2D eigenvalue weighted by Crippen LogP contribution is 2.17. The number of hydrogen-bond acceptors (Lipinski definition) is 5. The normalized spacial score (nSPS) is 11.3.